The summed E-state index contributed by atoms with van der Waals surface area (Å²) >= 11 is 6.23. The molecule has 44 heavy (non-hydrogen) atoms. The van der Waals surface area contributed by atoms with Gasteiger partial charge in [0.1, 0.15) is 11.6 Å². The predicted octanol–water partition coefficient (Wildman–Crippen LogP) is 4.34. The van der Waals surface area contributed by atoms with Gasteiger partial charge in [0, 0.05) is 29.9 Å². The minimum Gasteiger partial charge on any atom is -0.444 e. The summed E-state index contributed by atoms with van der Waals surface area (Å²) in [5, 5.41) is 17.5. The van der Waals surface area contributed by atoms with Crippen LogP contribution in [0, 0.1) is 29.3 Å². The SMILES string of the molecule is C[C@H](NC(=O)OC(C)(C)C)C(=O)NCC1(O)C2CC1CC(S(=O)(=O)c1cc(C(=O)Nc3cc(F)c(F)c(F)c3)ccc1Cl)C2. The Labute approximate surface area is 257 Å². The first-order chi connectivity index (χ1) is 20.3. The van der Waals surface area contributed by atoms with Gasteiger partial charge >= 0.3 is 6.09 Å². The number of carbonyl (C=O) groups excluding carboxylic acids is 3. The van der Waals surface area contributed by atoms with Gasteiger partial charge in [-0.1, -0.05) is 11.6 Å². The average Bonchev–Trinajstić information content (AvgIpc) is 2.93. The van der Waals surface area contributed by atoms with Gasteiger partial charge in [-0.2, -0.15) is 0 Å². The Kier molecular flexibility index (Phi) is 9.30. The molecule has 0 saturated heterocycles. The first-order valence-electron chi connectivity index (χ1n) is 13.8. The van der Waals surface area contributed by atoms with Crippen molar-refractivity contribution in [2.24, 2.45) is 11.8 Å². The lowest BCUT2D eigenvalue weighted by Gasteiger charge is -2.58. The highest BCUT2D eigenvalue weighted by Gasteiger charge is 2.60. The van der Waals surface area contributed by atoms with E-state index < -0.39 is 79.5 Å². The molecule has 3 atom stereocenters. The smallest absolute Gasteiger partial charge is 0.408 e. The Bertz CT molecular complexity index is 1560. The molecule has 3 fully saturated rings. The van der Waals surface area contributed by atoms with Crippen molar-refractivity contribution in [1.29, 1.82) is 0 Å². The Hall–Kier alpha value is -3.36. The minimum absolute atomic E-state index is 0.0673. The number of hydrogen-bond donors (Lipinski definition) is 4. The average molecular weight is 660 g/mol. The fourth-order valence-corrected chi connectivity index (χ4v) is 8.00. The molecule has 15 heteroatoms. The number of hydrogen-bond acceptors (Lipinski definition) is 7. The van der Waals surface area contributed by atoms with Crippen LogP contribution in [0.25, 0.3) is 0 Å². The fraction of sp³-hybridized carbons (Fsp3) is 0.483. The van der Waals surface area contributed by atoms with E-state index in [1.807, 2.05) is 0 Å². The van der Waals surface area contributed by atoms with Gasteiger partial charge in [0.2, 0.25) is 5.91 Å². The summed E-state index contributed by atoms with van der Waals surface area (Å²) in [5.74, 6) is -7.09. The number of nitrogens with one attached hydrogen (secondary N) is 3. The van der Waals surface area contributed by atoms with Crippen LogP contribution in [0.1, 0.15) is 57.3 Å². The number of anilines is 1. The second-order valence-electron chi connectivity index (χ2n) is 12.2. The van der Waals surface area contributed by atoms with Crippen molar-refractivity contribution in [2.45, 2.75) is 74.3 Å². The number of fused-ring (bicyclic) bond motifs is 2. The van der Waals surface area contributed by atoms with Crippen molar-refractivity contribution in [3.05, 3.63) is 58.4 Å². The molecule has 0 spiro atoms. The Morgan fingerprint density at radius 3 is 2.23 bits per heavy atom. The van der Waals surface area contributed by atoms with E-state index in [-0.39, 0.29) is 40.6 Å². The van der Waals surface area contributed by atoms with E-state index in [9.17, 15) is 41.1 Å². The van der Waals surface area contributed by atoms with Gasteiger partial charge in [-0.3, -0.25) is 9.59 Å². The highest BCUT2D eigenvalue weighted by Crippen LogP contribution is 2.55. The number of carbonyl (C=O) groups is 3. The van der Waals surface area contributed by atoms with Crippen LogP contribution in [0.4, 0.5) is 23.7 Å². The van der Waals surface area contributed by atoms with Crippen LogP contribution >= 0.6 is 11.6 Å². The van der Waals surface area contributed by atoms with E-state index >= 15 is 0 Å². The van der Waals surface area contributed by atoms with E-state index in [1.54, 1.807) is 20.8 Å². The van der Waals surface area contributed by atoms with Crippen LogP contribution < -0.4 is 16.0 Å². The van der Waals surface area contributed by atoms with E-state index in [0.29, 0.717) is 18.6 Å². The zero-order valence-electron chi connectivity index (χ0n) is 24.3. The third kappa shape index (κ3) is 6.97. The number of aliphatic hydroxyl groups is 1. The molecule has 0 aliphatic heterocycles. The molecule has 10 nitrogen and oxygen atoms in total. The molecule has 5 rings (SSSR count). The van der Waals surface area contributed by atoms with Crippen molar-refractivity contribution in [1.82, 2.24) is 10.6 Å². The van der Waals surface area contributed by atoms with E-state index in [0.717, 1.165) is 6.07 Å². The number of alkyl carbamates (subject to hydrolysis) is 1. The van der Waals surface area contributed by atoms with E-state index in [4.69, 9.17) is 16.3 Å². The zero-order valence-corrected chi connectivity index (χ0v) is 25.9. The van der Waals surface area contributed by atoms with Gasteiger partial charge in [0.25, 0.3) is 5.91 Å². The topological polar surface area (TPSA) is 151 Å². The van der Waals surface area contributed by atoms with Crippen LogP contribution in [0.3, 0.4) is 0 Å². The summed E-state index contributed by atoms with van der Waals surface area (Å²) in [6.45, 7) is 6.36. The lowest BCUT2D eigenvalue weighted by molar-refractivity contribution is -0.174. The summed E-state index contributed by atoms with van der Waals surface area (Å²) in [6, 6.07) is 3.70. The molecule has 3 amide bonds. The molecule has 0 radical (unpaired) electrons. The van der Waals surface area contributed by atoms with Crippen molar-refractivity contribution < 1.29 is 45.8 Å². The van der Waals surface area contributed by atoms with Crippen LogP contribution in [-0.2, 0) is 19.4 Å². The molecular formula is C29H33ClF3N3O7S. The second-order valence-corrected chi connectivity index (χ2v) is 14.8. The third-order valence-electron chi connectivity index (χ3n) is 7.93. The monoisotopic (exact) mass is 659 g/mol. The van der Waals surface area contributed by atoms with E-state index in [1.165, 1.54) is 19.1 Å². The molecule has 2 aromatic carbocycles. The van der Waals surface area contributed by atoms with Gasteiger partial charge < -0.3 is 25.8 Å². The normalized spacial score (nSPS) is 23.6. The largest absolute Gasteiger partial charge is 0.444 e. The Balaban J connectivity index is 1.40. The van der Waals surface area contributed by atoms with Gasteiger partial charge in [0.15, 0.2) is 27.3 Å². The first kappa shape index (κ1) is 33.5. The number of amides is 3. The molecule has 240 valence electrons. The maximum Gasteiger partial charge on any atom is 0.408 e. The number of rotatable bonds is 8. The Morgan fingerprint density at radius 1 is 1.07 bits per heavy atom. The van der Waals surface area contributed by atoms with Gasteiger partial charge in [-0.05, 0) is 77.0 Å². The minimum atomic E-state index is -4.11. The molecule has 2 aromatic rings. The zero-order chi connectivity index (χ0) is 32.8. The van der Waals surface area contributed by atoms with Crippen molar-refractivity contribution in [3.63, 3.8) is 0 Å². The highest BCUT2D eigenvalue weighted by molar-refractivity contribution is 7.92. The van der Waals surface area contributed by atoms with Crippen LogP contribution in [0.2, 0.25) is 5.02 Å². The molecule has 0 aromatic heterocycles. The van der Waals surface area contributed by atoms with Crippen LogP contribution in [-0.4, -0.2) is 60.5 Å². The summed E-state index contributed by atoms with van der Waals surface area (Å²) in [7, 11) is -4.11. The van der Waals surface area contributed by atoms with E-state index in [2.05, 4.69) is 16.0 Å². The predicted molar refractivity (Wildman–Crippen MR) is 154 cm³/mol. The molecular weight excluding hydrogens is 627 g/mol. The summed E-state index contributed by atoms with van der Waals surface area (Å²) < 4.78 is 72.8. The quantitative estimate of drug-likeness (QED) is 0.308. The van der Waals surface area contributed by atoms with Crippen molar-refractivity contribution in [3.8, 4) is 0 Å². The molecule has 3 aliphatic carbocycles. The maximum atomic E-state index is 13.6. The van der Waals surface area contributed by atoms with Crippen LogP contribution in [0.15, 0.2) is 35.2 Å². The molecule has 2 bridgehead atoms. The summed E-state index contributed by atoms with van der Waals surface area (Å²) in [5.41, 5.74) is -2.65. The third-order valence-corrected chi connectivity index (χ3v) is 10.6. The molecule has 3 saturated carbocycles. The summed E-state index contributed by atoms with van der Waals surface area (Å²) in [6.07, 6.45) is -0.0911. The first-order valence-corrected chi connectivity index (χ1v) is 15.7. The summed E-state index contributed by atoms with van der Waals surface area (Å²) in [4.78, 5) is 36.9. The second kappa shape index (κ2) is 12.2. The molecule has 0 heterocycles. The number of ether oxygens (including phenoxy) is 1. The lowest BCUT2D eigenvalue weighted by atomic mass is 9.53. The number of benzene rings is 2. The molecule has 2 unspecified atom stereocenters. The molecule has 3 aliphatic rings. The highest BCUT2D eigenvalue weighted by atomic mass is 35.5. The van der Waals surface area contributed by atoms with Gasteiger partial charge in [-0.25, -0.2) is 26.4 Å². The molecule has 4 N–H and O–H groups in total. The van der Waals surface area contributed by atoms with Gasteiger partial charge in [-0.15, -0.1) is 0 Å². The van der Waals surface area contributed by atoms with Crippen LogP contribution in [0.5, 0.6) is 0 Å². The van der Waals surface area contributed by atoms with Gasteiger partial charge in [0.05, 0.1) is 20.8 Å². The fourth-order valence-electron chi connectivity index (χ4n) is 5.60. The number of sulfone groups is 1. The number of halogens is 4. The van der Waals surface area contributed by atoms with Crippen molar-refractivity contribution >= 4 is 45.0 Å². The maximum absolute atomic E-state index is 13.6. The Morgan fingerprint density at radius 2 is 1.66 bits per heavy atom. The van der Waals surface area contributed by atoms with Crippen molar-refractivity contribution in [2.75, 3.05) is 11.9 Å². The lowest BCUT2D eigenvalue weighted by Crippen LogP contribution is -2.66. The standard InChI is InChI=1S/C29H33ClF3N3O7S/c1-14(35-27(39)43-28(2,3)4)25(37)34-13-29(40)16-8-17(29)10-19(9-16)44(41,42)23-7-15(5-6-20(23)30)26(38)36-18-11-21(31)24(33)22(32)12-18/h5-7,11-12,14,16-17,19,40H,8-10,13H2,1-4H3,(H,34,37)(H,35,39)(H,36,38)/t14-,16?,17?,19?,29?/m0/s1.